The predicted molar refractivity (Wildman–Crippen MR) is 67.1 cm³/mol. The lowest BCUT2D eigenvalue weighted by atomic mass is 10.2. The molecular weight excluding hydrogens is 240 g/mol. The molecule has 0 spiro atoms. The molecule has 17 heavy (non-hydrogen) atoms. The molecule has 100 valence electrons. The highest BCUT2D eigenvalue weighted by Crippen LogP contribution is 2.11. The van der Waals surface area contributed by atoms with Crippen LogP contribution >= 0.6 is 0 Å². The third-order valence-electron chi connectivity index (χ3n) is 2.83. The Kier molecular flexibility index (Phi) is 5.39. The number of likely N-dealkylation sites (tertiary alicyclic amines) is 1. The summed E-state index contributed by atoms with van der Waals surface area (Å²) >= 11 is 0. The zero-order valence-electron chi connectivity index (χ0n) is 10.6. The number of nitrogens with zero attached hydrogens (tertiary/aromatic N) is 1. The minimum atomic E-state index is -3.13. The van der Waals surface area contributed by atoms with E-state index in [1.54, 1.807) is 0 Å². The van der Waals surface area contributed by atoms with Gasteiger partial charge in [0.15, 0.2) is 0 Å². The number of hydrogen-bond donors (Lipinski definition) is 1. The van der Waals surface area contributed by atoms with Crippen LogP contribution in [0.2, 0.25) is 0 Å². The van der Waals surface area contributed by atoms with E-state index in [-0.39, 0.29) is 17.6 Å². The second-order valence-electron chi connectivity index (χ2n) is 4.72. The molecule has 1 atom stereocenters. The highest BCUT2D eigenvalue weighted by molar-refractivity contribution is 7.89. The van der Waals surface area contributed by atoms with Gasteiger partial charge in [0.2, 0.25) is 15.9 Å². The van der Waals surface area contributed by atoms with Crippen LogP contribution in [0, 0.1) is 5.92 Å². The van der Waals surface area contributed by atoms with Crippen molar-refractivity contribution in [1.82, 2.24) is 9.62 Å². The summed E-state index contributed by atoms with van der Waals surface area (Å²) in [6.45, 7) is 5.66. The van der Waals surface area contributed by atoms with Gasteiger partial charge in [-0.2, -0.15) is 0 Å². The first kappa shape index (κ1) is 14.4. The van der Waals surface area contributed by atoms with Crippen molar-refractivity contribution in [2.75, 3.05) is 25.4 Å². The molecule has 0 unspecified atom stereocenters. The van der Waals surface area contributed by atoms with Crippen molar-refractivity contribution in [3.05, 3.63) is 0 Å². The second-order valence-corrected chi connectivity index (χ2v) is 6.64. The molecule has 1 rings (SSSR count). The molecule has 0 aromatic carbocycles. The molecule has 5 nitrogen and oxygen atoms in total. The minimum absolute atomic E-state index is 0.156. The Morgan fingerprint density at radius 1 is 1.47 bits per heavy atom. The predicted octanol–water partition coefficient (Wildman–Crippen LogP) is 0.574. The van der Waals surface area contributed by atoms with Gasteiger partial charge >= 0.3 is 0 Å². The van der Waals surface area contributed by atoms with Crippen molar-refractivity contribution in [2.24, 2.45) is 5.92 Å². The fraction of sp³-hybridized carbons (Fsp3) is 0.909. The first-order valence-electron chi connectivity index (χ1n) is 6.19. The van der Waals surface area contributed by atoms with E-state index in [1.165, 1.54) is 0 Å². The van der Waals surface area contributed by atoms with Gasteiger partial charge in [0.25, 0.3) is 0 Å². The van der Waals surface area contributed by atoms with E-state index in [1.807, 2.05) is 18.7 Å². The number of carbonyl (C=O) groups is 1. The third kappa shape index (κ3) is 5.04. The monoisotopic (exact) mass is 262 g/mol. The highest BCUT2D eigenvalue weighted by atomic mass is 32.2. The molecular formula is C11H22N2O3S. The van der Waals surface area contributed by atoms with Crippen molar-refractivity contribution >= 4 is 15.9 Å². The lowest BCUT2D eigenvalue weighted by molar-refractivity contribution is -0.128. The summed E-state index contributed by atoms with van der Waals surface area (Å²) in [4.78, 5) is 13.2. The van der Waals surface area contributed by atoms with E-state index in [4.69, 9.17) is 0 Å². The Bertz CT molecular complexity index is 354. The van der Waals surface area contributed by atoms with Gasteiger partial charge in [-0.1, -0.05) is 13.8 Å². The van der Waals surface area contributed by atoms with Crippen molar-refractivity contribution in [3.63, 3.8) is 0 Å². The lowest BCUT2D eigenvalue weighted by Gasteiger charge is -2.20. The van der Waals surface area contributed by atoms with Gasteiger partial charge in [-0.3, -0.25) is 4.79 Å². The van der Waals surface area contributed by atoms with Crippen LogP contribution in [0.5, 0.6) is 0 Å². The van der Waals surface area contributed by atoms with Crippen LogP contribution in [0.15, 0.2) is 0 Å². The van der Waals surface area contributed by atoms with E-state index in [9.17, 15) is 13.2 Å². The van der Waals surface area contributed by atoms with E-state index >= 15 is 0 Å². The molecule has 1 aliphatic heterocycles. The van der Waals surface area contributed by atoms with Gasteiger partial charge in [0.05, 0.1) is 5.75 Å². The maximum absolute atomic E-state index is 11.4. The quantitative estimate of drug-likeness (QED) is 0.729. The smallest absolute Gasteiger partial charge is 0.222 e. The summed E-state index contributed by atoms with van der Waals surface area (Å²) in [7, 11) is -3.13. The van der Waals surface area contributed by atoms with Gasteiger partial charge < -0.3 is 4.90 Å². The lowest BCUT2D eigenvalue weighted by Crippen LogP contribution is -2.36. The molecule has 0 aliphatic carbocycles. The molecule has 0 aromatic rings. The molecule has 1 N–H and O–H groups in total. The van der Waals surface area contributed by atoms with Gasteiger partial charge in [-0.15, -0.1) is 0 Å². The maximum atomic E-state index is 11.4. The molecule has 1 fully saturated rings. The molecule has 1 aliphatic rings. The summed E-state index contributed by atoms with van der Waals surface area (Å²) in [6, 6.07) is 0. The van der Waals surface area contributed by atoms with Crippen LogP contribution in [0.25, 0.3) is 0 Å². The molecule has 1 heterocycles. The summed E-state index contributed by atoms with van der Waals surface area (Å²) in [6.07, 6.45) is 2.18. The fourth-order valence-electron chi connectivity index (χ4n) is 1.95. The molecule has 1 amide bonds. The van der Waals surface area contributed by atoms with Crippen LogP contribution in [0.4, 0.5) is 0 Å². The average Bonchev–Trinajstić information content (AvgIpc) is 2.62. The van der Waals surface area contributed by atoms with Gasteiger partial charge in [0.1, 0.15) is 0 Å². The van der Waals surface area contributed by atoms with Gasteiger partial charge in [0, 0.05) is 26.1 Å². The number of sulfonamides is 1. The molecule has 6 heteroatoms. The summed E-state index contributed by atoms with van der Waals surface area (Å²) in [5.74, 6) is 0.513. The van der Waals surface area contributed by atoms with E-state index in [2.05, 4.69) is 4.72 Å². The summed E-state index contributed by atoms with van der Waals surface area (Å²) in [5, 5.41) is 0. The van der Waals surface area contributed by atoms with E-state index < -0.39 is 10.0 Å². The van der Waals surface area contributed by atoms with Crippen LogP contribution in [-0.2, 0) is 14.8 Å². The second kappa shape index (κ2) is 6.35. The van der Waals surface area contributed by atoms with Crippen molar-refractivity contribution in [3.8, 4) is 0 Å². The van der Waals surface area contributed by atoms with Crippen LogP contribution < -0.4 is 4.72 Å². The number of nitrogens with one attached hydrogen (secondary N) is 1. The van der Waals surface area contributed by atoms with Crippen molar-refractivity contribution < 1.29 is 13.2 Å². The number of rotatable bonds is 7. The molecule has 0 bridgehead atoms. The van der Waals surface area contributed by atoms with E-state index in [0.29, 0.717) is 25.9 Å². The fourth-order valence-corrected chi connectivity index (χ4v) is 3.17. The molecule has 0 saturated carbocycles. The van der Waals surface area contributed by atoms with Crippen LogP contribution in [0.1, 0.15) is 33.1 Å². The Morgan fingerprint density at radius 2 is 2.18 bits per heavy atom. The van der Waals surface area contributed by atoms with Crippen LogP contribution in [-0.4, -0.2) is 44.6 Å². The van der Waals surface area contributed by atoms with Crippen molar-refractivity contribution in [1.29, 1.82) is 0 Å². The Balaban J connectivity index is 2.30. The third-order valence-corrected chi connectivity index (χ3v) is 4.38. The van der Waals surface area contributed by atoms with Crippen molar-refractivity contribution in [2.45, 2.75) is 33.1 Å². The zero-order chi connectivity index (χ0) is 12.9. The SMILES string of the molecule is CCCS(=O)(=O)NC[C@H](C)CN1CCCC1=O. The summed E-state index contributed by atoms with van der Waals surface area (Å²) < 4.78 is 25.5. The molecule has 1 saturated heterocycles. The maximum Gasteiger partial charge on any atom is 0.222 e. The molecule has 0 radical (unpaired) electrons. The summed E-state index contributed by atoms with van der Waals surface area (Å²) in [5.41, 5.74) is 0. The Hall–Kier alpha value is -0.620. The van der Waals surface area contributed by atoms with Crippen LogP contribution in [0.3, 0.4) is 0 Å². The average molecular weight is 262 g/mol. The number of amides is 1. The van der Waals surface area contributed by atoms with E-state index in [0.717, 1.165) is 13.0 Å². The van der Waals surface area contributed by atoms with Gasteiger partial charge in [-0.05, 0) is 18.8 Å². The number of hydrogen-bond acceptors (Lipinski definition) is 3. The normalized spacial score (nSPS) is 18.7. The Labute approximate surface area is 104 Å². The standard InChI is InChI=1S/C11H22N2O3S/c1-3-7-17(15,16)12-8-10(2)9-13-6-4-5-11(13)14/h10,12H,3-9H2,1-2H3/t10-/m0/s1. The first-order valence-corrected chi connectivity index (χ1v) is 7.85. The van der Waals surface area contributed by atoms with Gasteiger partial charge in [-0.25, -0.2) is 13.1 Å². The first-order chi connectivity index (χ1) is 7.94. The largest absolute Gasteiger partial charge is 0.342 e. The zero-order valence-corrected chi connectivity index (χ0v) is 11.4. The molecule has 0 aromatic heterocycles. The highest BCUT2D eigenvalue weighted by Gasteiger charge is 2.22. The topological polar surface area (TPSA) is 66.5 Å². The Morgan fingerprint density at radius 3 is 2.71 bits per heavy atom. The minimum Gasteiger partial charge on any atom is -0.342 e. The number of carbonyl (C=O) groups excluding carboxylic acids is 1.